The minimum atomic E-state index is -0.0470. The summed E-state index contributed by atoms with van der Waals surface area (Å²) in [6.07, 6.45) is 1.05. The molecular formula is C13H20N4O. The fraction of sp³-hybridized carbons (Fsp3) is 0.615. The van der Waals surface area contributed by atoms with Crippen molar-refractivity contribution in [1.82, 2.24) is 15.1 Å². The van der Waals surface area contributed by atoms with Crippen LogP contribution in [0.15, 0.2) is 12.1 Å². The van der Waals surface area contributed by atoms with E-state index in [1.165, 1.54) is 0 Å². The molecule has 1 aliphatic rings. The highest BCUT2D eigenvalue weighted by atomic mass is 16.2. The third kappa shape index (κ3) is 2.60. The van der Waals surface area contributed by atoms with Gasteiger partial charge in [-0.25, -0.2) is 0 Å². The summed E-state index contributed by atoms with van der Waals surface area (Å²) in [5, 5.41) is 7.56. The van der Waals surface area contributed by atoms with Crippen LogP contribution in [0.5, 0.6) is 0 Å². The number of amides is 1. The van der Waals surface area contributed by atoms with Gasteiger partial charge >= 0.3 is 0 Å². The van der Waals surface area contributed by atoms with Crippen molar-refractivity contribution in [3.05, 3.63) is 17.8 Å². The average molecular weight is 248 g/mol. The summed E-state index contributed by atoms with van der Waals surface area (Å²) in [5.41, 5.74) is 6.07. The molecule has 98 valence electrons. The minimum Gasteiger partial charge on any atom is -0.382 e. The van der Waals surface area contributed by atoms with Gasteiger partial charge in [0.1, 0.15) is 5.82 Å². The second-order valence-electron chi connectivity index (χ2n) is 5.95. The molecule has 0 aliphatic carbocycles. The number of aromatic nitrogens is 2. The summed E-state index contributed by atoms with van der Waals surface area (Å²) >= 11 is 0. The van der Waals surface area contributed by atoms with E-state index in [0.29, 0.717) is 17.4 Å². The molecule has 1 amide bonds. The minimum absolute atomic E-state index is 0.0470. The molecule has 2 heterocycles. The molecule has 0 radical (unpaired) electrons. The lowest BCUT2D eigenvalue weighted by Gasteiger charge is -2.26. The lowest BCUT2D eigenvalue weighted by molar-refractivity contribution is 0.0769. The molecule has 1 atom stereocenters. The summed E-state index contributed by atoms with van der Waals surface area (Å²) in [4.78, 5) is 14.1. The first-order valence-electron chi connectivity index (χ1n) is 6.26. The van der Waals surface area contributed by atoms with Gasteiger partial charge in [-0.05, 0) is 29.9 Å². The maximum absolute atomic E-state index is 12.2. The topological polar surface area (TPSA) is 72.1 Å². The van der Waals surface area contributed by atoms with Crippen LogP contribution < -0.4 is 5.73 Å². The summed E-state index contributed by atoms with van der Waals surface area (Å²) < 4.78 is 0. The quantitative estimate of drug-likeness (QED) is 0.818. The summed E-state index contributed by atoms with van der Waals surface area (Å²) in [7, 11) is 0. The highest BCUT2D eigenvalue weighted by Gasteiger charge is 2.34. The van der Waals surface area contributed by atoms with E-state index < -0.39 is 0 Å². The molecule has 1 unspecified atom stereocenters. The Bertz CT molecular complexity index is 435. The zero-order valence-electron chi connectivity index (χ0n) is 11.2. The number of rotatable bonds is 1. The zero-order valence-corrected chi connectivity index (χ0v) is 11.2. The van der Waals surface area contributed by atoms with Crippen molar-refractivity contribution in [3.63, 3.8) is 0 Å². The molecule has 1 aromatic rings. The summed E-state index contributed by atoms with van der Waals surface area (Å²) in [6.45, 7) is 8.25. The van der Waals surface area contributed by atoms with Gasteiger partial charge in [-0.1, -0.05) is 20.8 Å². The Morgan fingerprint density at radius 2 is 2.11 bits per heavy atom. The number of nitrogens with zero attached hydrogens (tertiary/aromatic N) is 3. The van der Waals surface area contributed by atoms with Gasteiger partial charge in [-0.3, -0.25) is 4.79 Å². The van der Waals surface area contributed by atoms with Gasteiger partial charge in [0.2, 0.25) is 0 Å². The van der Waals surface area contributed by atoms with Crippen LogP contribution in [0.2, 0.25) is 0 Å². The summed E-state index contributed by atoms with van der Waals surface area (Å²) in [5.74, 6) is 0.831. The standard InChI is InChI=1S/C13H20N4O/c1-13(2,3)9-6-7-17(8-9)12(18)10-4-5-11(14)16-15-10/h4-5,9H,6-8H2,1-3H3,(H2,14,16). The number of hydrogen-bond acceptors (Lipinski definition) is 4. The largest absolute Gasteiger partial charge is 0.382 e. The Morgan fingerprint density at radius 1 is 1.39 bits per heavy atom. The zero-order chi connectivity index (χ0) is 13.3. The van der Waals surface area contributed by atoms with E-state index in [2.05, 4.69) is 31.0 Å². The molecule has 0 aromatic carbocycles. The first-order valence-corrected chi connectivity index (χ1v) is 6.26. The molecule has 18 heavy (non-hydrogen) atoms. The van der Waals surface area contributed by atoms with Crippen molar-refractivity contribution >= 4 is 11.7 Å². The molecular weight excluding hydrogens is 228 g/mol. The molecule has 5 nitrogen and oxygen atoms in total. The van der Waals surface area contributed by atoms with Crippen molar-refractivity contribution in [2.24, 2.45) is 11.3 Å². The van der Waals surface area contributed by atoms with Gasteiger partial charge in [0.15, 0.2) is 5.69 Å². The smallest absolute Gasteiger partial charge is 0.274 e. The van der Waals surface area contributed by atoms with E-state index in [1.807, 2.05) is 4.90 Å². The van der Waals surface area contributed by atoms with Crippen LogP contribution in [0.4, 0.5) is 5.82 Å². The van der Waals surface area contributed by atoms with Crippen LogP contribution in [0.1, 0.15) is 37.7 Å². The number of carbonyl (C=O) groups is 1. The van der Waals surface area contributed by atoms with Gasteiger partial charge < -0.3 is 10.6 Å². The van der Waals surface area contributed by atoms with Crippen molar-refractivity contribution in [2.45, 2.75) is 27.2 Å². The molecule has 1 saturated heterocycles. The fourth-order valence-corrected chi connectivity index (χ4v) is 2.27. The van der Waals surface area contributed by atoms with E-state index in [9.17, 15) is 4.79 Å². The van der Waals surface area contributed by atoms with Crippen molar-refractivity contribution in [3.8, 4) is 0 Å². The van der Waals surface area contributed by atoms with E-state index in [-0.39, 0.29) is 11.3 Å². The van der Waals surface area contributed by atoms with Crippen LogP contribution in [0.3, 0.4) is 0 Å². The Balaban J connectivity index is 2.06. The van der Waals surface area contributed by atoms with Gasteiger partial charge in [-0.2, -0.15) is 0 Å². The number of anilines is 1. The number of carbonyl (C=O) groups excluding carboxylic acids is 1. The average Bonchev–Trinajstić information content (AvgIpc) is 2.78. The molecule has 2 rings (SSSR count). The van der Waals surface area contributed by atoms with Gasteiger partial charge in [0, 0.05) is 13.1 Å². The first-order chi connectivity index (χ1) is 8.38. The number of nitrogens with two attached hydrogens (primary N) is 1. The van der Waals surface area contributed by atoms with Gasteiger partial charge in [-0.15, -0.1) is 10.2 Å². The second kappa shape index (κ2) is 4.55. The monoisotopic (exact) mass is 248 g/mol. The maximum Gasteiger partial charge on any atom is 0.274 e. The Labute approximate surface area is 107 Å². The third-order valence-electron chi connectivity index (χ3n) is 3.60. The molecule has 1 fully saturated rings. The molecule has 1 aromatic heterocycles. The van der Waals surface area contributed by atoms with E-state index in [1.54, 1.807) is 12.1 Å². The Morgan fingerprint density at radius 3 is 2.61 bits per heavy atom. The van der Waals surface area contributed by atoms with Gasteiger partial charge in [0.05, 0.1) is 0 Å². The maximum atomic E-state index is 12.2. The fourth-order valence-electron chi connectivity index (χ4n) is 2.27. The molecule has 1 aliphatic heterocycles. The van der Waals surface area contributed by atoms with Gasteiger partial charge in [0.25, 0.3) is 5.91 Å². The molecule has 0 bridgehead atoms. The van der Waals surface area contributed by atoms with Crippen molar-refractivity contribution in [2.75, 3.05) is 18.8 Å². The van der Waals surface area contributed by atoms with Crippen LogP contribution in [-0.4, -0.2) is 34.1 Å². The molecule has 0 saturated carbocycles. The van der Waals surface area contributed by atoms with E-state index >= 15 is 0 Å². The van der Waals surface area contributed by atoms with E-state index in [0.717, 1.165) is 19.5 Å². The van der Waals surface area contributed by atoms with Crippen LogP contribution in [-0.2, 0) is 0 Å². The molecule has 0 spiro atoms. The molecule has 5 heteroatoms. The van der Waals surface area contributed by atoms with Crippen LogP contribution in [0.25, 0.3) is 0 Å². The lowest BCUT2D eigenvalue weighted by atomic mass is 9.80. The van der Waals surface area contributed by atoms with Crippen LogP contribution >= 0.6 is 0 Å². The predicted molar refractivity (Wildman–Crippen MR) is 69.9 cm³/mol. The lowest BCUT2D eigenvalue weighted by Crippen LogP contribution is -2.31. The Kier molecular flexibility index (Phi) is 3.24. The second-order valence-corrected chi connectivity index (χ2v) is 5.95. The predicted octanol–water partition coefficient (Wildman–Crippen LogP) is 1.57. The SMILES string of the molecule is CC(C)(C)C1CCN(C(=O)c2ccc(N)nn2)C1. The first kappa shape index (κ1) is 12.8. The third-order valence-corrected chi connectivity index (χ3v) is 3.60. The van der Waals surface area contributed by atoms with Crippen LogP contribution in [0, 0.1) is 11.3 Å². The number of hydrogen-bond donors (Lipinski definition) is 1. The highest BCUT2D eigenvalue weighted by Crippen LogP contribution is 2.33. The summed E-state index contributed by atoms with van der Waals surface area (Å²) in [6, 6.07) is 3.24. The van der Waals surface area contributed by atoms with Crippen molar-refractivity contribution < 1.29 is 4.79 Å². The normalized spacial score (nSPS) is 20.2. The highest BCUT2D eigenvalue weighted by molar-refractivity contribution is 5.92. The number of nitrogen functional groups attached to an aromatic ring is 1. The Hall–Kier alpha value is -1.65. The van der Waals surface area contributed by atoms with E-state index in [4.69, 9.17) is 5.73 Å². The number of likely N-dealkylation sites (tertiary alicyclic amines) is 1. The van der Waals surface area contributed by atoms with Crippen molar-refractivity contribution in [1.29, 1.82) is 0 Å². The molecule has 2 N–H and O–H groups in total.